The first-order chi connectivity index (χ1) is 15.4. The Balaban J connectivity index is 1.70. The van der Waals surface area contributed by atoms with Crippen molar-refractivity contribution in [1.29, 1.82) is 0 Å². The highest BCUT2D eigenvalue weighted by molar-refractivity contribution is 5.61. The lowest BCUT2D eigenvalue weighted by Crippen LogP contribution is -2.37. The lowest BCUT2D eigenvalue weighted by molar-refractivity contribution is 0.207. The molecular weight excluding hydrogens is 412 g/mol. The number of aromatic hydroxyl groups is 2. The lowest BCUT2D eigenvalue weighted by atomic mass is 9.91. The molecule has 11 nitrogen and oxygen atoms in total. The Kier molecular flexibility index (Phi) is 6.56. The summed E-state index contributed by atoms with van der Waals surface area (Å²) in [5.41, 5.74) is 1.42. The van der Waals surface area contributed by atoms with Crippen molar-refractivity contribution in [3.05, 3.63) is 28.7 Å². The highest BCUT2D eigenvalue weighted by Gasteiger charge is 2.23. The van der Waals surface area contributed by atoms with Gasteiger partial charge >= 0.3 is 0 Å². The molecule has 0 saturated heterocycles. The van der Waals surface area contributed by atoms with Crippen molar-refractivity contribution in [1.82, 2.24) is 29.5 Å². The van der Waals surface area contributed by atoms with Gasteiger partial charge in [0.15, 0.2) is 17.4 Å². The molecule has 1 saturated carbocycles. The van der Waals surface area contributed by atoms with Crippen molar-refractivity contribution in [3.63, 3.8) is 0 Å². The number of rotatable bonds is 7. The molecule has 0 unspecified atom stereocenters. The van der Waals surface area contributed by atoms with Crippen molar-refractivity contribution in [3.8, 4) is 11.8 Å². The van der Waals surface area contributed by atoms with Crippen LogP contribution in [0.3, 0.4) is 0 Å². The van der Waals surface area contributed by atoms with Crippen LogP contribution in [-0.4, -0.2) is 86.1 Å². The van der Waals surface area contributed by atoms with E-state index in [1.807, 2.05) is 0 Å². The van der Waals surface area contributed by atoms with Gasteiger partial charge in [0, 0.05) is 36.0 Å². The zero-order valence-electron chi connectivity index (χ0n) is 18.6. The Morgan fingerprint density at radius 1 is 1.28 bits per heavy atom. The topological polar surface area (TPSA) is 136 Å². The van der Waals surface area contributed by atoms with Gasteiger partial charge in [-0.15, -0.1) is 0 Å². The molecule has 172 valence electrons. The van der Waals surface area contributed by atoms with Gasteiger partial charge in [-0.25, -0.2) is 4.99 Å². The minimum Gasteiger partial charge on any atom is -0.494 e. The van der Waals surface area contributed by atoms with Gasteiger partial charge in [0.05, 0.1) is 19.3 Å². The maximum absolute atomic E-state index is 9.98. The van der Waals surface area contributed by atoms with Crippen LogP contribution in [0.1, 0.15) is 31.2 Å². The SMILES string of the molecule is COCCN=c1nc(NC2CCC(N(C)C)CC2)nc2c(=Cc3cc(O)[nH]c3O)cnn12. The highest BCUT2D eigenvalue weighted by Crippen LogP contribution is 2.24. The van der Waals surface area contributed by atoms with Gasteiger partial charge in [0.1, 0.15) is 0 Å². The Hall–Kier alpha value is -3.18. The Bertz CT molecular complexity index is 1180. The molecule has 0 radical (unpaired) electrons. The normalized spacial score (nSPS) is 20.5. The second-order valence-electron chi connectivity index (χ2n) is 8.27. The summed E-state index contributed by atoms with van der Waals surface area (Å²) in [4.78, 5) is 18.6. The number of ether oxygens (including phenoxy) is 1. The molecule has 0 aromatic carbocycles. The number of fused-ring (bicyclic) bond motifs is 1. The van der Waals surface area contributed by atoms with Gasteiger partial charge in [0.25, 0.3) is 5.62 Å². The number of hydrogen-bond acceptors (Lipinski definition) is 9. The van der Waals surface area contributed by atoms with E-state index in [1.54, 1.807) is 23.9 Å². The lowest BCUT2D eigenvalue weighted by Gasteiger charge is -2.32. The van der Waals surface area contributed by atoms with E-state index in [2.05, 4.69) is 44.4 Å². The number of hydrogen-bond donors (Lipinski definition) is 4. The molecule has 0 amide bonds. The fourth-order valence-corrected chi connectivity index (χ4v) is 4.03. The minimum absolute atomic E-state index is 0.120. The number of nitrogens with one attached hydrogen (secondary N) is 2. The first-order valence-corrected chi connectivity index (χ1v) is 10.8. The predicted octanol–water partition coefficient (Wildman–Crippen LogP) is 0.243. The highest BCUT2D eigenvalue weighted by atomic mass is 16.5. The summed E-state index contributed by atoms with van der Waals surface area (Å²) >= 11 is 0. The van der Waals surface area contributed by atoms with Crippen LogP contribution in [0.5, 0.6) is 11.8 Å². The summed E-state index contributed by atoms with van der Waals surface area (Å²) < 4.78 is 6.68. The summed E-state index contributed by atoms with van der Waals surface area (Å²) in [7, 11) is 5.88. The summed E-state index contributed by atoms with van der Waals surface area (Å²) in [6, 6.07) is 2.34. The van der Waals surface area contributed by atoms with E-state index < -0.39 is 0 Å². The van der Waals surface area contributed by atoms with Crippen LogP contribution in [0.2, 0.25) is 0 Å². The summed E-state index contributed by atoms with van der Waals surface area (Å²) in [5, 5.41) is 28.1. The minimum atomic E-state index is -0.128. The molecular formula is C21H30N8O3. The monoisotopic (exact) mass is 442 g/mol. The van der Waals surface area contributed by atoms with E-state index in [0.29, 0.717) is 53.2 Å². The van der Waals surface area contributed by atoms with E-state index in [9.17, 15) is 10.2 Å². The van der Waals surface area contributed by atoms with Gasteiger partial charge in [-0.3, -0.25) is 4.98 Å². The van der Waals surface area contributed by atoms with Crippen molar-refractivity contribution in [2.45, 2.75) is 37.8 Å². The molecule has 3 heterocycles. The van der Waals surface area contributed by atoms with Crippen LogP contribution in [-0.2, 0) is 4.74 Å². The van der Waals surface area contributed by atoms with E-state index in [4.69, 9.17) is 9.72 Å². The standard InChI is InChI=1S/C21H30N8O3/c1-28(2)16-6-4-15(5-7-16)24-20-26-18-14(10-13-11-17(30)25-19(13)31)12-23-29(18)21(27-20)22-8-9-32-3/h10-12,15-16,25,30-31H,4-9H2,1-3H3,(H,22,24,27). The molecule has 1 aliphatic rings. The molecule has 0 bridgehead atoms. The third kappa shape index (κ3) is 4.83. The summed E-state index contributed by atoms with van der Waals surface area (Å²) in [5.74, 6) is 0.251. The van der Waals surface area contributed by atoms with Crippen molar-refractivity contribution in [2.24, 2.45) is 4.99 Å². The van der Waals surface area contributed by atoms with Crippen molar-refractivity contribution < 1.29 is 14.9 Å². The predicted molar refractivity (Wildman–Crippen MR) is 119 cm³/mol. The van der Waals surface area contributed by atoms with E-state index >= 15 is 0 Å². The average Bonchev–Trinajstić information content (AvgIpc) is 3.31. The largest absolute Gasteiger partial charge is 0.494 e. The summed E-state index contributed by atoms with van der Waals surface area (Å²) in [6.07, 6.45) is 7.67. The number of aromatic nitrogens is 5. The summed E-state index contributed by atoms with van der Waals surface area (Å²) in [6.45, 7) is 0.918. The van der Waals surface area contributed by atoms with Crippen LogP contribution in [0.15, 0.2) is 17.3 Å². The fraction of sp³-hybridized carbons (Fsp3) is 0.524. The molecule has 3 aromatic rings. The van der Waals surface area contributed by atoms with Gasteiger partial charge in [-0.2, -0.15) is 19.6 Å². The zero-order valence-corrected chi connectivity index (χ0v) is 18.6. The first kappa shape index (κ1) is 22.0. The maximum Gasteiger partial charge on any atom is 0.251 e. The Labute approximate surface area is 185 Å². The second kappa shape index (κ2) is 9.53. The third-order valence-electron chi connectivity index (χ3n) is 5.81. The molecule has 4 rings (SSSR count). The van der Waals surface area contributed by atoms with Crippen LogP contribution < -0.4 is 16.2 Å². The Morgan fingerprint density at radius 2 is 2.06 bits per heavy atom. The van der Waals surface area contributed by atoms with Crippen molar-refractivity contribution >= 4 is 17.7 Å². The number of H-pyrrole nitrogens is 1. The van der Waals surface area contributed by atoms with Gasteiger partial charge in [0.2, 0.25) is 5.95 Å². The van der Waals surface area contributed by atoms with Gasteiger partial charge in [-0.05, 0) is 45.9 Å². The third-order valence-corrected chi connectivity index (χ3v) is 5.81. The van der Waals surface area contributed by atoms with Gasteiger partial charge < -0.3 is 25.2 Å². The van der Waals surface area contributed by atoms with Crippen LogP contribution in [0, 0.1) is 0 Å². The van der Waals surface area contributed by atoms with Gasteiger partial charge in [-0.1, -0.05) is 0 Å². The molecule has 4 N–H and O–H groups in total. The number of anilines is 1. The number of methoxy groups -OCH3 is 1. The zero-order chi connectivity index (χ0) is 22.7. The van der Waals surface area contributed by atoms with Crippen LogP contribution in [0.4, 0.5) is 5.95 Å². The molecule has 0 atom stereocenters. The Morgan fingerprint density at radius 3 is 2.72 bits per heavy atom. The quantitative estimate of drug-likeness (QED) is 0.382. The maximum atomic E-state index is 9.98. The van der Waals surface area contributed by atoms with Crippen LogP contribution in [0.25, 0.3) is 11.7 Å². The molecule has 0 spiro atoms. The molecule has 0 aliphatic heterocycles. The number of aromatic amines is 1. The molecule has 3 aromatic heterocycles. The molecule has 32 heavy (non-hydrogen) atoms. The number of nitrogens with zero attached hydrogens (tertiary/aromatic N) is 6. The van der Waals surface area contributed by atoms with E-state index in [1.165, 1.54) is 6.07 Å². The first-order valence-electron chi connectivity index (χ1n) is 10.8. The smallest absolute Gasteiger partial charge is 0.251 e. The molecule has 1 fully saturated rings. The van der Waals surface area contributed by atoms with Crippen molar-refractivity contribution in [2.75, 3.05) is 39.7 Å². The van der Waals surface area contributed by atoms with E-state index in [-0.39, 0.29) is 11.8 Å². The molecule has 1 aliphatic carbocycles. The van der Waals surface area contributed by atoms with Crippen LogP contribution >= 0.6 is 0 Å². The molecule has 11 heteroatoms. The second-order valence-corrected chi connectivity index (χ2v) is 8.27. The van der Waals surface area contributed by atoms with E-state index in [0.717, 1.165) is 25.7 Å². The fourth-order valence-electron chi connectivity index (χ4n) is 4.03. The average molecular weight is 443 g/mol.